The van der Waals surface area contributed by atoms with E-state index in [1.807, 2.05) is 37.3 Å². The molecule has 7 heteroatoms. The van der Waals surface area contributed by atoms with Gasteiger partial charge in [-0.3, -0.25) is 0 Å². The molecule has 0 saturated heterocycles. The van der Waals surface area contributed by atoms with Crippen LogP contribution < -0.4 is 0 Å². The predicted octanol–water partition coefficient (Wildman–Crippen LogP) is 3.51. The fraction of sp³-hybridized carbons (Fsp3) is 0.294. The first-order chi connectivity index (χ1) is 11.6. The maximum atomic E-state index is 12.4. The number of esters is 1. The monoisotopic (exact) mass is 327 g/mol. The summed E-state index contributed by atoms with van der Waals surface area (Å²) >= 11 is 0. The summed E-state index contributed by atoms with van der Waals surface area (Å²) in [5, 5.41) is 11.8. The second-order valence-corrected chi connectivity index (χ2v) is 5.27. The summed E-state index contributed by atoms with van der Waals surface area (Å²) in [7, 11) is 0. The van der Waals surface area contributed by atoms with Crippen LogP contribution in [-0.4, -0.2) is 21.3 Å². The molecular formula is C17H17N3O4. The van der Waals surface area contributed by atoms with E-state index >= 15 is 0 Å². The number of nitrogens with zero attached hydrogens (tertiary/aromatic N) is 3. The smallest absolute Gasteiger partial charge is 0.344 e. The summed E-state index contributed by atoms with van der Waals surface area (Å²) < 4.78 is 16.1. The Morgan fingerprint density at radius 2 is 2.00 bits per heavy atom. The Morgan fingerprint density at radius 1 is 1.25 bits per heavy atom. The SMILES string of the molecule is CCc1noc(C)c1C(=O)OC(C)c1nnc(-c2ccccc2)o1. The number of ether oxygens (including phenoxy) is 1. The van der Waals surface area contributed by atoms with E-state index in [0.29, 0.717) is 29.3 Å². The van der Waals surface area contributed by atoms with Gasteiger partial charge in [-0.1, -0.05) is 30.3 Å². The highest BCUT2D eigenvalue weighted by Gasteiger charge is 2.25. The van der Waals surface area contributed by atoms with Crippen molar-refractivity contribution in [3.05, 3.63) is 53.2 Å². The lowest BCUT2D eigenvalue weighted by molar-refractivity contribution is 0.0277. The van der Waals surface area contributed by atoms with Crippen molar-refractivity contribution >= 4 is 5.97 Å². The summed E-state index contributed by atoms with van der Waals surface area (Å²) in [6.45, 7) is 5.24. The number of carbonyl (C=O) groups is 1. The molecule has 3 aromatic rings. The van der Waals surface area contributed by atoms with Crippen LogP contribution in [0, 0.1) is 6.92 Å². The lowest BCUT2D eigenvalue weighted by atomic mass is 10.1. The van der Waals surface area contributed by atoms with Crippen LogP contribution in [0.25, 0.3) is 11.5 Å². The molecule has 2 aromatic heterocycles. The molecule has 7 nitrogen and oxygen atoms in total. The van der Waals surface area contributed by atoms with E-state index in [2.05, 4.69) is 15.4 Å². The Kier molecular flexibility index (Phi) is 4.41. The zero-order valence-electron chi connectivity index (χ0n) is 13.6. The molecule has 1 atom stereocenters. The van der Waals surface area contributed by atoms with E-state index in [-0.39, 0.29) is 5.89 Å². The molecule has 0 bridgehead atoms. The first-order valence-corrected chi connectivity index (χ1v) is 7.65. The third-order valence-corrected chi connectivity index (χ3v) is 3.57. The first kappa shape index (κ1) is 15.9. The van der Waals surface area contributed by atoms with E-state index in [0.717, 1.165) is 5.56 Å². The minimum Gasteiger partial charge on any atom is -0.449 e. The second kappa shape index (κ2) is 6.66. The summed E-state index contributed by atoms with van der Waals surface area (Å²) in [6.07, 6.45) is -0.101. The van der Waals surface area contributed by atoms with Gasteiger partial charge in [0.15, 0.2) is 6.10 Å². The van der Waals surface area contributed by atoms with Gasteiger partial charge >= 0.3 is 5.97 Å². The first-order valence-electron chi connectivity index (χ1n) is 7.65. The lowest BCUT2D eigenvalue weighted by Crippen LogP contribution is -2.11. The van der Waals surface area contributed by atoms with Crippen LogP contribution in [0.5, 0.6) is 0 Å². The summed E-state index contributed by atoms with van der Waals surface area (Å²) in [4.78, 5) is 12.4. The number of carbonyl (C=O) groups excluding carboxylic acids is 1. The van der Waals surface area contributed by atoms with Crippen LogP contribution in [0.3, 0.4) is 0 Å². The minimum absolute atomic E-state index is 0.231. The molecule has 3 rings (SSSR count). The highest BCUT2D eigenvalue weighted by atomic mass is 16.6. The molecule has 0 radical (unpaired) electrons. The highest BCUT2D eigenvalue weighted by molar-refractivity contribution is 5.91. The number of aryl methyl sites for hydroxylation is 2. The topological polar surface area (TPSA) is 91.2 Å². The Hall–Kier alpha value is -2.96. The van der Waals surface area contributed by atoms with Crippen molar-refractivity contribution in [2.45, 2.75) is 33.3 Å². The van der Waals surface area contributed by atoms with Gasteiger partial charge in [0.2, 0.25) is 5.89 Å². The molecule has 0 aliphatic rings. The van der Waals surface area contributed by atoms with Gasteiger partial charge < -0.3 is 13.7 Å². The van der Waals surface area contributed by atoms with Crippen LogP contribution in [0.2, 0.25) is 0 Å². The molecule has 0 saturated carbocycles. The zero-order chi connectivity index (χ0) is 17.1. The van der Waals surface area contributed by atoms with Crippen molar-refractivity contribution in [1.82, 2.24) is 15.4 Å². The van der Waals surface area contributed by atoms with Crippen LogP contribution in [0.1, 0.15) is 47.7 Å². The van der Waals surface area contributed by atoms with Crippen molar-refractivity contribution in [2.24, 2.45) is 0 Å². The predicted molar refractivity (Wildman–Crippen MR) is 84.2 cm³/mol. The van der Waals surface area contributed by atoms with E-state index in [1.165, 1.54) is 0 Å². The fourth-order valence-corrected chi connectivity index (χ4v) is 2.29. The molecule has 124 valence electrons. The zero-order valence-corrected chi connectivity index (χ0v) is 13.6. The fourth-order valence-electron chi connectivity index (χ4n) is 2.29. The molecule has 24 heavy (non-hydrogen) atoms. The quantitative estimate of drug-likeness (QED) is 0.662. The molecule has 0 fully saturated rings. The maximum Gasteiger partial charge on any atom is 0.344 e. The van der Waals surface area contributed by atoms with Crippen molar-refractivity contribution in [1.29, 1.82) is 0 Å². The van der Waals surface area contributed by atoms with E-state index in [9.17, 15) is 4.79 Å². The average Bonchev–Trinajstić information content (AvgIpc) is 3.22. The molecular weight excluding hydrogens is 310 g/mol. The van der Waals surface area contributed by atoms with E-state index in [1.54, 1.807) is 13.8 Å². The van der Waals surface area contributed by atoms with E-state index < -0.39 is 12.1 Å². The highest BCUT2D eigenvalue weighted by Crippen LogP contribution is 2.24. The summed E-state index contributed by atoms with van der Waals surface area (Å²) in [6, 6.07) is 9.38. The van der Waals surface area contributed by atoms with Crippen LogP contribution in [-0.2, 0) is 11.2 Å². The minimum atomic E-state index is -0.679. The van der Waals surface area contributed by atoms with Crippen molar-refractivity contribution in [2.75, 3.05) is 0 Å². The molecule has 1 unspecified atom stereocenters. The Labute approximate surface area is 138 Å². The third-order valence-electron chi connectivity index (χ3n) is 3.57. The van der Waals surface area contributed by atoms with Crippen molar-refractivity contribution < 1.29 is 18.5 Å². The molecule has 0 aliphatic carbocycles. The van der Waals surface area contributed by atoms with Gasteiger partial charge in [0.1, 0.15) is 11.3 Å². The van der Waals surface area contributed by atoms with Gasteiger partial charge in [-0.2, -0.15) is 0 Å². The van der Waals surface area contributed by atoms with Crippen molar-refractivity contribution in [3.63, 3.8) is 0 Å². The number of benzene rings is 1. The van der Waals surface area contributed by atoms with Crippen LogP contribution >= 0.6 is 0 Å². The largest absolute Gasteiger partial charge is 0.449 e. The molecule has 2 heterocycles. The number of aromatic nitrogens is 3. The van der Waals surface area contributed by atoms with Crippen molar-refractivity contribution in [3.8, 4) is 11.5 Å². The molecule has 0 aliphatic heterocycles. The second-order valence-electron chi connectivity index (χ2n) is 5.27. The number of rotatable bonds is 5. The molecule has 0 N–H and O–H groups in total. The lowest BCUT2D eigenvalue weighted by Gasteiger charge is -2.09. The molecule has 0 amide bonds. The van der Waals surface area contributed by atoms with Gasteiger partial charge in [0, 0.05) is 5.56 Å². The third kappa shape index (κ3) is 3.05. The van der Waals surface area contributed by atoms with Crippen LogP contribution in [0.15, 0.2) is 39.3 Å². The Balaban J connectivity index is 1.76. The van der Waals surface area contributed by atoms with Crippen LogP contribution in [0.4, 0.5) is 0 Å². The maximum absolute atomic E-state index is 12.4. The normalized spacial score (nSPS) is 12.1. The molecule has 0 spiro atoms. The van der Waals surface area contributed by atoms with Gasteiger partial charge in [0.25, 0.3) is 5.89 Å². The number of hydrogen-bond acceptors (Lipinski definition) is 7. The average molecular weight is 327 g/mol. The standard InChI is InChI=1S/C17H17N3O4/c1-4-13-14(10(2)24-20-13)17(21)22-11(3)15-18-19-16(23-15)12-8-6-5-7-9-12/h5-9,11H,4H2,1-3H3. The molecule has 1 aromatic carbocycles. The number of hydrogen-bond donors (Lipinski definition) is 0. The van der Waals surface area contributed by atoms with Gasteiger partial charge in [-0.15, -0.1) is 10.2 Å². The van der Waals surface area contributed by atoms with Gasteiger partial charge in [-0.25, -0.2) is 4.79 Å². The van der Waals surface area contributed by atoms with Gasteiger partial charge in [-0.05, 0) is 32.4 Å². The van der Waals surface area contributed by atoms with E-state index in [4.69, 9.17) is 13.7 Å². The van der Waals surface area contributed by atoms with Gasteiger partial charge in [0.05, 0.1) is 5.69 Å². The summed E-state index contributed by atoms with van der Waals surface area (Å²) in [5.74, 6) is 0.523. The Morgan fingerprint density at radius 3 is 2.71 bits per heavy atom. The Bertz CT molecular complexity index is 839. The summed E-state index contributed by atoms with van der Waals surface area (Å²) in [5.41, 5.74) is 1.73.